The second-order valence-corrected chi connectivity index (χ2v) is 4.50. The van der Waals surface area contributed by atoms with Crippen molar-refractivity contribution in [1.82, 2.24) is 19.2 Å². The molecule has 23 heavy (non-hydrogen) atoms. The molecule has 0 amide bonds. The van der Waals surface area contributed by atoms with E-state index in [1.165, 1.54) is 48.2 Å². The predicted molar refractivity (Wildman–Crippen MR) is 75.7 cm³/mol. The summed E-state index contributed by atoms with van der Waals surface area (Å²) in [7, 11) is 1.22. The van der Waals surface area contributed by atoms with Gasteiger partial charge in [-0.3, -0.25) is 4.79 Å². The lowest BCUT2D eigenvalue weighted by molar-refractivity contribution is -0.141. The maximum absolute atomic E-state index is 12.9. The minimum Gasteiger partial charge on any atom is -0.468 e. The molecule has 0 N–H and O–H groups in total. The van der Waals surface area contributed by atoms with Gasteiger partial charge in [0.1, 0.15) is 18.1 Å². The molecule has 0 unspecified atom stereocenters. The summed E-state index contributed by atoms with van der Waals surface area (Å²) < 4.78 is 25.1. The van der Waals surface area contributed by atoms with Crippen molar-refractivity contribution in [2.75, 3.05) is 7.11 Å². The zero-order valence-electron chi connectivity index (χ0n) is 12.0. The van der Waals surface area contributed by atoms with Crippen LogP contribution in [-0.2, 0) is 16.1 Å². The van der Waals surface area contributed by atoms with Crippen LogP contribution in [0.3, 0.4) is 0 Å². The first-order valence-electron chi connectivity index (χ1n) is 6.53. The molecule has 1 aromatic carbocycles. The number of benzene rings is 1. The van der Waals surface area contributed by atoms with Crippen LogP contribution >= 0.6 is 0 Å². The number of hydrogen-bond donors (Lipinski definition) is 0. The monoisotopic (exact) mass is 318 g/mol. The number of rotatable bonds is 4. The molecule has 0 aliphatic rings. The fourth-order valence-electron chi connectivity index (χ4n) is 1.90. The molecule has 0 saturated heterocycles. The van der Waals surface area contributed by atoms with Gasteiger partial charge in [0.25, 0.3) is 5.88 Å². The van der Waals surface area contributed by atoms with Crippen LogP contribution in [0.1, 0.15) is 0 Å². The highest BCUT2D eigenvalue weighted by atomic mass is 19.1. The van der Waals surface area contributed by atoms with Crippen molar-refractivity contribution in [2.24, 2.45) is 0 Å². The van der Waals surface area contributed by atoms with Crippen molar-refractivity contribution in [3.05, 3.63) is 53.0 Å². The lowest BCUT2D eigenvalue weighted by Crippen LogP contribution is -2.25. The van der Waals surface area contributed by atoms with Gasteiger partial charge in [0.05, 0.1) is 7.11 Å². The van der Waals surface area contributed by atoms with E-state index in [1.54, 1.807) is 0 Å². The van der Waals surface area contributed by atoms with Crippen LogP contribution < -0.4 is 10.4 Å². The predicted octanol–water partition coefficient (Wildman–Crippen LogP) is 0.995. The highest BCUT2D eigenvalue weighted by Gasteiger charge is 2.15. The van der Waals surface area contributed by atoms with Gasteiger partial charge in [-0.1, -0.05) is 0 Å². The van der Waals surface area contributed by atoms with Crippen molar-refractivity contribution in [1.29, 1.82) is 0 Å². The molecule has 3 rings (SSSR count). The molecule has 0 bridgehead atoms. The Hall–Kier alpha value is -3.23. The van der Waals surface area contributed by atoms with E-state index in [0.29, 0.717) is 5.75 Å². The first kappa shape index (κ1) is 14.7. The number of carbonyl (C=O) groups excluding carboxylic acids is 1. The Morgan fingerprint density at radius 1 is 1.30 bits per heavy atom. The Balaban J connectivity index is 2.01. The first-order chi connectivity index (χ1) is 11.1. The molecule has 0 saturated carbocycles. The van der Waals surface area contributed by atoms with Crippen LogP contribution in [0.5, 0.6) is 11.6 Å². The number of hydrogen-bond acceptors (Lipinski definition) is 6. The summed E-state index contributed by atoms with van der Waals surface area (Å²) in [6, 6.07) is 5.31. The zero-order valence-corrected chi connectivity index (χ0v) is 12.0. The Morgan fingerprint density at radius 2 is 2.04 bits per heavy atom. The molecule has 9 heteroatoms. The number of fused-ring (bicyclic) bond motifs is 1. The average molecular weight is 318 g/mol. The minimum atomic E-state index is -0.607. The van der Waals surface area contributed by atoms with Gasteiger partial charge in [-0.2, -0.15) is 0 Å². The second-order valence-electron chi connectivity index (χ2n) is 4.50. The normalized spacial score (nSPS) is 10.7. The van der Waals surface area contributed by atoms with Crippen LogP contribution in [-0.4, -0.2) is 32.2 Å². The third kappa shape index (κ3) is 2.89. The highest BCUT2D eigenvalue weighted by molar-refractivity contribution is 5.68. The summed E-state index contributed by atoms with van der Waals surface area (Å²) in [5.74, 6) is -0.617. The molecule has 3 aromatic rings. The standard InChI is InChI=1S/C14H11FN4O4/c1-22-11(20)8-19-14(21)18-7-6-16-13(12(18)17-19)23-10-4-2-9(15)3-5-10/h2-7H,8H2,1H3. The Labute approximate surface area is 128 Å². The second kappa shape index (κ2) is 5.87. The van der Waals surface area contributed by atoms with Crippen LogP contribution in [0.25, 0.3) is 5.65 Å². The van der Waals surface area contributed by atoms with Crippen molar-refractivity contribution < 1.29 is 18.7 Å². The van der Waals surface area contributed by atoms with Crippen LogP contribution in [0, 0.1) is 5.82 Å². The molecule has 0 aliphatic carbocycles. The van der Waals surface area contributed by atoms with Crippen LogP contribution in [0.15, 0.2) is 41.5 Å². The SMILES string of the molecule is COC(=O)Cn1nc2c(Oc3ccc(F)cc3)nccn2c1=O. The Bertz CT molecular complexity index is 917. The molecule has 0 radical (unpaired) electrons. The molecule has 8 nitrogen and oxygen atoms in total. The van der Waals surface area contributed by atoms with E-state index < -0.39 is 17.5 Å². The summed E-state index contributed by atoms with van der Waals surface area (Å²) >= 11 is 0. The number of nitrogens with zero attached hydrogens (tertiary/aromatic N) is 4. The van der Waals surface area contributed by atoms with Gasteiger partial charge in [-0.25, -0.2) is 23.3 Å². The van der Waals surface area contributed by atoms with E-state index in [0.717, 1.165) is 4.68 Å². The Kier molecular flexibility index (Phi) is 3.75. The third-order valence-corrected chi connectivity index (χ3v) is 3.00. The van der Waals surface area contributed by atoms with Crippen molar-refractivity contribution in [2.45, 2.75) is 6.54 Å². The number of aromatic nitrogens is 4. The van der Waals surface area contributed by atoms with Gasteiger partial charge < -0.3 is 9.47 Å². The molecule has 0 spiro atoms. The fraction of sp³-hybridized carbons (Fsp3) is 0.143. The molecule has 118 valence electrons. The average Bonchev–Trinajstić information content (AvgIpc) is 2.87. The summed E-state index contributed by atoms with van der Waals surface area (Å²) in [5.41, 5.74) is -0.400. The van der Waals surface area contributed by atoms with Gasteiger partial charge in [0.2, 0.25) is 5.65 Å². The number of halogens is 1. The molecule has 0 fully saturated rings. The number of methoxy groups -OCH3 is 1. The topological polar surface area (TPSA) is 87.7 Å². The van der Waals surface area contributed by atoms with E-state index in [4.69, 9.17) is 4.74 Å². The molecule has 0 atom stereocenters. The molecule has 2 aromatic heterocycles. The minimum absolute atomic E-state index is 0.0554. The van der Waals surface area contributed by atoms with Crippen molar-refractivity contribution >= 4 is 11.6 Å². The quantitative estimate of drug-likeness (QED) is 0.667. The van der Waals surface area contributed by atoms with E-state index in [2.05, 4.69) is 14.8 Å². The van der Waals surface area contributed by atoms with Gasteiger partial charge >= 0.3 is 11.7 Å². The van der Waals surface area contributed by atoms with E-state index in [9.17, 15) is 14.0 Å². The fourth-order valence-corrected chi connectivity index (χ4v) is 1.90. The summed E-state index contributed by atoms with van der Waals surface area (Å²) in [5, 5.41) is 4.02. The van der Waals surface area contributed by atoms with Gasteiger partial charge in [-0.05, 0) is 24.3 Å². The van der Waals surface area contributed by atoms with Crippen LogP contribution in [0.2, 0.25) is 0 Å². The van der Waals surface area contributed by atoms with Crippen molar-refractivity contribution in [3.63, 3.8) is 0 Å². The molecule has 0 aliphatic heterocycles. The smallest absolute Gasteiger partial charge is 0.351 e. The Morgan fingerprint density at radius 3 is 2.74 bits per heavy atom. The van der Waals surface area contributed by atoms with Crippen molar-refractivity contribution in [3.8, 4) is 11.6 Å². The molecular formula is C14H11FN4O4. The van der Waals surface area contributed by atoms with E-state index in [-0.39, 0.29) is 18.1 Å². The van der Waals surface area contributed by atoms with Gasteiger partial charge in [-0.15, -0.1) is 5.10 Å². The number of ether oxygens (including phenoxy) is 2. The number of esters is 1. The molecular weight excluding hydrogens is 307 g/mol. The molecule has 2 heterocycles. The highest BCUT2D eigenvalue weighted by Crippen LogP contribution is 2.21. The van der Waals surface area contributed by atoms with E-state index in [1.807, 2.05) is 0 Å². The lowest BCUT2D eigenvalue weighted by Gasteiger charge is -2.04. The summed E-state index contributed by atoms with van der Waals surface area (Å²) in [6.45, 7) is -0.326. The number of carbonyl (C=O) groups is 1. The lowest BCUT2D eigenvalue weighted by atomic mass is 10.3. The summed E-state index contributed by atoms with van der Waals surface area (Å²) in [6.07, 6.45) is 2.76. The van der Waals surface area contributed by atoms with E-state index >= 15 is 0 Å². The first-order valence-corrected chi connectivity index (χ1v) is 6.53. The maximum Gasteiger partial charge on any atom is 0.351 e. The zero-order chi connectivity index (χ0) is 16.4. The largest absolute Gasteiger partial charge is 0.468 e. The van der Waals surface area contributed by atoms with Crippen LogP contribution in [0.4, 0.5) is 4.39 Å². The maximum atomic E-state index is 12.9. The van der Waals surface area contributed by atoms with Gasteiger partial charge in [0.15, 0.2) is 0 Å². The third-order valence-electron chi connectivity index (χ3n) is 3.00. The van der Waals surface area contributed by atoms with Gasteiger partial charge in [0, 0.05) is 12.4 Å². The summed E-state index contributed by atoms with van der Waals surface area (Å²) in [4.78, 5) is 27.5.